The Kier molecular flexibility index (Phi) is 7.26. The largest absolute Gasteiger partial charge is 0.378 e. The maximum Gasteiger partial charge on any atom is 0.321 e. The summed E-state index contributed by atoms with van der Waals surface area (Å²) in [5.74, 6) is 1.98. The number of nitrogens with zero attached hydrogens (tertiary/aromatic N) is 4. The number of benzene rings is 1. The molecule has 1 aromatic carbocycles. The fourth-order valence-corrected chi connectivity index (χ4v) is 4.43. The third-order valence-corrected chi connectivity index (χ3v) is 6.21. The van der Waals surface area contributed by atoms with Crippen molar-refractivity contribution in [2.24, 2.45) is 0 Å². The number of anilines is 2. The van der Waals surface area contributed by atoms with Crippen molar-refractivity contribution >= 4 is 28.7 Å². The van der Waals surface area contributed by atoms with Gasteiger partial charge in [0.25, 0.3) is 0 Å². The van der Waals surface area contributed by atoms with E-state index in [1.165, 1.54) is 6.42 Å². The summed E-state index contributed by atoms with van der Waals surface area (Å²) < 4.78 is 15.3. The van der Waals surface area contributed by atoms with E-state index >= 15 is 0 Å². The Labute approximate surface area is 186 Å². The van der Waals surface area contributed by atoms with Gasteiger partial charge in [0, 0.05) is 43.5 Å². The van der Waals surface area contributed by atoms with Crippen molar-refractivity contribution in [1.82, 2.24) is 14.9 Å². The van der Waals surface area contributed by atoms with E-state index in [0.717, 1.165) is 61.8 Å². The Morgan fingerprint density at radius 2 is 1.81 bits per heavy atom. The van der Waals surface area contributed by atoms with Gasteiger partial charge in [-0.05, 0) is 43.5 Å². The molecule has 9 heteroatoms. The van der Waals surface area contributed by atoms with Crippen molar-refractivity contribution in [2.75, 3.05) is 55.9 Å². The fraction of sp³-hybridized carbons (Fsp3) is 0.500. The SMILES string of the molecule is C[S+](O)Cc1cc(N2CCOCC2)nc(-c2ccc(NC(=O)N3CCCCC3)cc2)n1. The zero-order valence-corrected chi connectivity index (χ0v) is 18.7. The van der Waals surface area contributed by atoms with Gasteiger partial charge >= 0.3 is 6.03 Å². The standard InChI is InChI=1S/C22H29N5O3S/c1-31(29)16-19-15-20(26-11-13-30-14-12-26)25-21(23-19)17-5-7-18(8-6-17)24-22(28)27-9-3-2-4-10-27/h5-8,15,29H,2-4,9-14,16H2,1H3/p+1. The summed E-state index contributed by atoms with van der Waals surface area (Å²) >= 11 is -0.743. The second-order valence-corrected chi connectivity index (χ2v) is 9.43. The van der Waals surface area contributed by atoms with Crippen LogP contribution in [0.1, 0.15) is 25.0 Å². The Morgan fingerprint density at radius 3 is 2.48 bits per heavy atom. The molecule has 2 aliphatic heterocycles. The number of aromatic nitrogens is 2. The van der Waals surface area contributed by atoms with Crippen LogP contribution in [0.2, 0.25) is 0 Å². The molecule has 1 atom stereocenters. The van der Waals surface area contributed by atoms with E-state index in [1.807, 2.05) is 35.2 Å². The molecule has 1 unspecified atom stereocenters. The maximum atomic E-state index is 12.4. The van der Waals surface area contributed by atoms with Crippen molar-refractivity contribution in [3.8, 4) is 11.4 Å². The molecule has 31 heavy (non-hydrogen) atoms. The molecule has 0 saturated carbocycles. The van der Waals surface area contributed by atoms with Crippen LogP contribution in [0.25, 0.3) is 11.4 Å². The van der Waals surface area contributed by atoms with Crippen molar-refractivity contribution < 1.29 is 14.1 Å². The molecule has 2 saturated heterocycles. The van der Waals surface area contributed by atoms with Gasteiger partial charge in [-0.1, -0.05) is 0 Å². The van der Waals surface area contributed by atoms with Crippen LogP contribution >= 0.6 is 0 Å². The minimum Gasteiger partial charge on any atom is -0.378 e. The average molecular weight is 445 g/mol. The highest BCUT2D eigenvalue weighted by molar-refractivity contribution is 7.89. The van der Waals surface area contributed by atoms with Gasteiger partial charge in [0.15, 0.2) is 11.6 Å². The highest BCUT2D eigenvalue weighted by Gasteiger charge is 2.19. The fourth-order valence-electron chi connectivity index (χ4n) is 3.86. The maximum absolute atomic E-state index is 12.4. The molecule has 0 radical (unpaired) electrons. The Hall–Kier alpha value is -2.36. The molecule has 2 aliphatic rings. The molecule has 2 fully saturated rings. The molecule has 3 heterocycles. The first-order valence-electron chi connectivity index (χ1n) is 10.8. The molecular formula is C22H30N5O3S+. The van der Waals surface area contributed by atoms with Crippen LogP contribution in [0.4, 0.5) is 16.3 Å². The van der Waals surface area contributed by atoms with Crippen LogP contribution in [0.3, 0.4) is 0 Å². The Morgan fingerprint density at radius 1 is 1.10 bits per heavy atom. The van der Waals surface area contributed by atoms with E-state index < -0.39 is 11.2 Å². The van der Waals surface area contributed by atoms with Gasteiger partial charge in [-0.25, -0.2) is 14.8 Å². The summed E-state index contributed by atoms with van der Waals surface area (Å²) in [6.07, 6.45) is 5.12. The molecule has 4 rings (SSSR count). The normalized spacial score (nSPS) is 18.0. The molecule has 2 aromatic rings. The van der Waals surface area contributed by atoms with Crippen LogP contribution in [0, 0.1) is 0 Å². The van der Waals surface area contributed by atoms with Gasteiger partial charge in [0.05, 0.1) is 18.9 Å². The van der Waals surface area contributed by atoms with E-state index in [9.17, 15) is 9.35 Å². The highest BCUT2D eigenvalue weighted by atomic mass is 32.2. The number of rotatable bonds is 5. The summed E-state index contributed by atoms with van der Waals surface area (Å²) in [7, 11) is 0. The molecule has 0 aliphatic carbocycles. The number of hydrogen-bond donors (Lipinski definition) is 2. The number of likely N-dealkylation sites (tertiary alicyclic amines) is 1. The number of piperidine rings is 1. The van der Waals surface area contributed by atoms with Gasteiger partial charge in [-0.2, -0.15) is 4.55 Å². The number of morpholine rings is 1. The number of carbonyl (C=O) groups excluding carboxylic acids is 1. The van der Waals surface area contributed by atoms with Crippen molar-refractivity contribution in [1.29, 1.82) is 0 Å². The van der Waals surface area contributed by atoms with E-state index in [0.29, 0.717) is 24.8 Å². The monoisotopic (exact) mass is 444 g/mol. The predicted octanol–water partition coefficient (Wildman–Crippen LogP) is 3.22. The minimum absolute atomic E-state index is 0.0433. The lowest BCUT2D eigenvalue weighted by Gasteiger charge is -2.28. The number of nitrogens with one attached hydrogen (secondary N) is 1. The lowest BCUT2D eigenvalue weighted by molar-refractivity contribution is 0.122. The molecule has 2 N–H and O–H groups in total. The summed E-state index contributed by atoms with van der Waals surface area (Å²) in [6, 6.07) is 9.55. The lowest BCUT2D eigenvalue weighted by Crippen LogP contribution is -2.38. The topological polar surface area (TPSA) is 90.8 Å². The number of ether oxygens (including phenoxy) is 1. The van der Waals surface area contributed by atoms with Crippen molar-refractivity contribution in [3.05, 3.63) is 36.0 Å². The van der Waals surface area contributed by atoms with E-state index in [2.05, 4.69) is 15.2 Å². The third kappa shape index (κ3) is 5.87. The quantitative estimate of drug-likeness (QED) is 0.688. The zero-order valence-electron chi connectivity index (χ0n) is 17.9. The van der Waals surface area contributed by atoms with Crippen LogP contribution in [-0.4, -0.2) is 71.1 Å². The molecule has 1 aromatic heterocycles. The predicted molar refractivity (Wildman–Crippen MR) is 125 cm³/mol. The number of carbonyl (C=O) groups is 1. The second-order valence-electron chi connectivity index (χ2n) is 7.94. The number of hydrogen-bond acceptors (Lipinski definition) is 6. The Bertz CT molecular complexity index is 881. The lowest BCUT2D eigenvalue weighted by atomic mass is 10.1. The first kappa shape index (κ1) is 21.9. The molecule has 0 spiro atoms. The van der Waals surface area contributed by atoms with Crippen LogP contribution in [-0.2, 0) is 21.7 Å². The number of amides is 2. The summed E-state index contributed by atoms with van der Waals surface area (Å²) in [4.78, 5) is 26.0. The van der Waals surface area contributed by atoms with Gasteiger partial charge in [0.2, 0.25) is 0 Å². The smallest absolute Gasteiger partial charge is 0.321 e. The number of urea groups is 1. The average Bonchev–Trinajstić information content (AvgIpc) is 2.80. The van der Waals surface area contributed by atoms with E-state index in [4.69, 9.17) is 9.72 Å². The molecule has 0 bridgehead atoms. The molecule has 166 valence electrons. The highest BCUT2D eigenvalue weighted by Crippen LogP contribution is 2.24. The molecule has 2 amide bonds. The summed E-state index contributed by atoms with van der Waals surface area (Å²) in [5.41, 5.74) is 2.46. The van der Waals surface area contributed by atoms with Crippen molar-refractivity contribution in [3.63, 3.8) is 0 Å². The van der Waals surface area contributed by atoms with E-state index in [-0.39, 0.29) is 6.03 Å². The second kappa shape index (κ2) is 10.3. The summed E-state index contributed by atoms with van der Waals surface area (Å²) in [6.45, 7) is 4.57. The summed E-state index contributed by atoms with van der Waals surface area (Å²) in [5, 5.41) is 2.98. The molecular weight excluding hydrogens is 414 g/mol. The van der Waals surface area contributed by atoms with Crippen LogP contribution in [0.15, 0.2) is 30.3 Å². The third-order valence-electron chi connectivity index (χ3n) is 5.50. The zero-order chi connectivity index (χ0) is 21.6. The van der Waals surface area contributed by atoms with Gasteiger partial charge in [0.1, 0.15) is 23.2 Å². The van der Waals surface area contributed by atoms with Crippen molar-refractivity contribution in [2.45, 2.75) is 25.0 Å². The van der Waals surface area contributed by atoms with E-state index in [1.54, 1.807) is 6.26 Å². The minimum atomic E-state index is -0.743. The first-order chi connectivity index (χ1) is 15.1. The molecule has 8 nitrogen and oxygen atoms in total. The Balaban J connectivity index is 1.52. The first-order valence-corrected chi connectivity index (χ1v) is 12.5. The van der Waals surface area contributed by atoms with Crippen LogP contribution < -0.4 is 10.2 Å². The van der Waals surface area contributed by atoms with Gasteiger partial charge in [-0.3, -0.25) is 0 Å². The van der Waals surface area contributed by atoms with Crippen LogP contribution in [0.5, 0.6) is 0 Å². The van der Waals surface area contributed by atoms with Gasteiger partial charge in [-0.15, -0.1) is 0 Å². The van der Waals surface area contributed by atoms with Gasteiger partial charge < -0.3 is 19.9 Å².